The Balaban J connectivity index is 1.77. The number of ether oxygens (including phenoxy) is 1. The number of anilines is 2. The van der Waals surface area contributed by atoms with Gasteiger partial charge in [-0.1, -0.05) is 72.8 Å². The molecule has 0 atom stereocenters. The summed E-state index contributed by atoms with van der Waals surface area (Å²) < 4.78 is 46.4. The number of pyridine rings is 1. The SMILES string of the molecule is NC(=O)OC(=O)N(c1ccccc1)c1cccc(-c2c(C(=O)c3ccccc3)cnc3c(C(F)(F)F)cccc23)c1. The van der Waals surface area contributed by atoms with Crippen LogP contribution in [0.4, 0.5) is 34.1 Å². The summed E-state index contributed by atoms with van der Waals surface area (Å²) in [6, 6.07) is 26.3. The third kappa shape index (κ3) is 5.48. The highest BCUT2D eigenvalue weighted by molar-refractivity contribution is 6.17. The molecular formula is C31H20F3N3O4. The normalized spacial score (nSPS) is 11.2. The van der Waals surface area contributed by atoms with Gasteiger partial charge < -0.3 is 10.5 Å². The summed E-state index contributed by atoms with van der Waals surface area (Å²) in [6.45, 7) is 0. The number of aromatic nitrogens is 1. The minimum Gasteiger partial charge on any atom is -0.359 e. The van der Waals surface area contributed by atoms with Crippen LogP contribution in [0, 0.1) is 0 Å². The van der Waals surface area contributed by atoms with Crippen LogP contribution < -0.4 is 10.6 Å². The molecule has 10 heteroatoms. The fourth-order valence-corrected chi connectivity index (χ4v) is 4.55. The number of carbonyl (C=O) groups is 3. The topological polar surface area (TPSA) is 103 Å². The number of hydrogen-bond acceptors (Lipinski definition) is 5. The lowest BCUT2D eigenvalue weighted by atomic mass is 9.91. The van der Waals surface area contributed by atoms with Crippen LogP contribution in [0.5, 0.6) is 0 Å². The maximum absolute atomic E-state index is 13.9. The summed E-state index contributed by atoms with van der Waals surface area (Å²) in [6.07, 6.45) is -5.98. The largest absolute Gasteiger partial charge is 0.427 e. The van der Waals surface area contributed by atoms with E-state index in [0.717, 1.165) is 17.2 Å². The number of nitrogens with zero attached hydrogens (tertiary/aromatic N) is 2. The number of benzene rings is 4. The zero-order valence-corrected chi connectivity index (χ0v) is 21.1. The number of carbonyl (C=O) groups excluding carboxylic acids is 3. The lowest BCUT2D eigenvalue weighted by molar-refractivity contribution is -0.136. The Morgan fingerprint density at radius 2 is 1.41 bits per heavy atom. The van der Waals surface area contributed by atoms with Crippen molar-refractivity contribution in [2.75, 3.05) is 4.90 Å². The van der Waals surface area contributed by atoms with Gasteiger partial charge >= 0.3 is 18.4 Å². The molecule has 41 heavy (non-hydrogen) atoms. The number of para-hydroxylation sites is 2. The number of alkyl halides is 3. The van der Waals surface area contributed by atoms with E-state index < -0.39 is 29.7 Å². The van der Waals surface area contributed by atoms with E-state index in [0.29, 0.717) is 16.8 Å². The minimum atomic E-state index is -4.70. The fraction of sp³-hybridized carbons (Fsp3) is 0.0323. The molecular weight excluding hydrogens is 535 g/mol. The molecule has 7 nitrogen and oxygen atoms in total. The van der Waals surface area contributed by atoms with E-state index in [2.05, 4.69) is 9.72 Å². The van der Waals surface area contributed by atoms with Gasteiger partial charge in [0.15, 0.2) is 5.78 Å². The summed E-state index contributed by atoms with van der Waals surface area (Å²) >= 11 is 0. The van der Waals surface area contributed by atoms with Crippen molar-refractivity contribution in [1.82, 2.24) is 4.98 Å². The third-order valence-corrected chi connectivity index (χ3v) is 6.26. The second-order valence-electron chi connectivity index (χ2n) is 8.85. The van der Waals surface area contributed by atoms with Crippen LogP contribution in [-0.4, -0.2) is 23.0 Å². The Hall–Kier alpha value is -5.51. The van der Waals surface area contributed by atoms with Crippen LogP contribution >= 0.6 is 0 Å². The van der Waals surface area contributed by atoms with Crippen molar-refractivity contribution in [2.24, 2.45) is 5.73 Å². The molecule has 0 spiro atoms. The van der Waals surface area contributed by atoms with Gasteiger partial charge in [0.25, 0.3) is 0 Å². The molecule has 0 bridgehead atoms. The van der Waals surface area contributed by atoms with Gasteiger partial charge in [0.2, 0.25) is 0 Å². The molecule has 1 aromatic heterocycles. The van der Waals surface area contributed by atoms with Gasteiger partial charge in [0, 0.05) is 28.3 Å². The van der Waals surface area contributed by atoms with Crippen molar-refractivity contribution < 1.29 is 32.3 Å². The minimum absolute atomic E-state index is 0.0612. The average molecular weight is 556 g/mol. The number of amides is 2. The Morgan fingerprint density at radius 1 is 0.780 bits per heavy atom. The lowest BCUT2D eigenvalue weighted by Crippen LogP contribution is -2.31. The highest BCUT2D eigenvalue weighted by Gasteiger charge is 2.34. The maximum atomic E-state index is 13.9. The van der Waals surface area contributed by atoms with E-state index in [1.807, 2.05) is 0 Å². The Morgan fingerprint density at radius 3 is 2.07 bits per heavy atom. The van der Waals surface area contributed by atoms with E-state index in [-0.39, 0.29) is 27.7 Å². The fourth-order valence-electron chi connectivity index (χ4n) is 4.55. The van der Waals surface area contributed by atoms with Crippen molar-refractivity contribution in [2.45, 2.75) is 6.18 Å². The molecule has 5 aromatic rings. The van der Waals surface area contributed by atoms with Crippen molar-refractivity contribution in [3.8, 4) is 11.1 Å². The van der Waals surface area contributed by atoms with E-state index in [1.54, 1.807) is 78.9 Å². The summed E-state index contributed by atoms with van der Waals surface area (Å²) in [5.74, 6) is -0.453. The van der Waals surface area contributed by atoms with Crippen LogP contribution in [0.3, 0.4) is 0 Å². The van der Waals surface area contributed by atoms with Crippen LogP contribution in [-0.2, 0) is 10.9 Å². The van der Waals surface area contributed by atoms with Crippen molar-refractivity contribution in [3.63, 3.8) is 0 Å². The summed E-state index contributed by atoms with van der Waals surface area (Å²) in [7, 11) is 0. The number of nitrogens with two attached hydrogens (primary N) is 1. The van der Waals surface area contributed by atoms with Crippen LogP contribution in [0.25, 0.3) is 22.0 Å². The highest BCUT2D eigenvalue weighted by atomic mass is 19.4. The quantitative estimate of drug-likeness (QED) is 0.179. The molecule has 0 saturated carbocycles. The van der Waals surface area contributed by atoms with Gasteiger partial charge in [-0.2, -0.15) is 13.2 Å². The maximum Gasteiger partial charge on any atom is 0.427 e. The molecule has 5 rings (SSSR count). The second-order valence-corrected chi connectivity index (χ2v) is 8.85. The molecule has 204 valence electrons. The summed E-state index contributed by atoms with van der Waals surface area (Å²) in [5.41, 5.74) is 5.21. The first-order valence-electron chi connectivity index (χ1n) is 12.2. The first-order chi connectivity index (χ1) is 19.6. The first kappa shape index (κ1) is 27.1. The number of ketones is 1. The summed E-state index contributed by atoms with van der Waals surface area (Å²) in [4.78, 5) is 43.1. The van der Waals surface area contributed by atoms with Gasteiger partial charge in [-0.15, -0.1) is 0 Å². The number of hydrogen-bond donors (Lipinski definition) is 1. The molecule has 2 amide bonds. The van der Waals surface area contributed by atoms with Crippen molar-refractivity contribution in [1.29, 1.82) is 0 Å². The molecule has 0 saturated heterocycles. The Kier molecular flexibility index (Phi) is 7.22. The van der Waals surface area contributed by atoms with Gasteiger partial charge in [-0.05, 0) is 35.9 Å². The molecule has 0 aliphatic carbocycles. The molecule has 0 aliphatic heterocycles. The monoisotopic (exact) mass is 555 g/mol. The molecule has 0 aliphatic rings. The predicted molar refractivity (Wildman–Crippen MR) is 147 cm³/mol. The second kappa shape index (κ2) is 10.9. The standard InChI is InChI=1S/C31H20F3N3O4/c32-31(33,34)25-16-8-15-23-26(24(18-36-27(23)25)28(38)19-9-3-1-4-10-19)20-11-7-14-22(17-20)37(30(40)41-29(35)39)21-12-5-2-6-13-21/h1-18H,(H2,35,39). The highest BCUT2D eigenvalue weighted by Crippen LogP contribution is 2.40. The van der Waals surface area contributed by atoms with Crippen molar-refractivity contribution in [3.05, 3.63) is 126 Å². The van der Waals surface area contributed by atoms with E-state index in [1.165, 1.54) is 18.2 Å². The molecule has 0 unspecified atom stereocenters. The third-order valence-electron chi connectivity index (χ3n) is 6.26. The smallest absolute Gasteiger partial charge is 0.359 e. The van der Waals surface area contributed by atoms with Gasteiger partial charge in [-0.25, -0.2) is 14.5 Å². The Bertz CT molecular complexity index is 1780. The van der Waals surface area contributed by atoms with E-state index in [9.17, 15) is 27.6 Å². The zero-order valence-electron chi connectivity index (χ0n) is 21.1. The van der Waals surface area contributed by atoms with Gasteiger partial charge in [0.05, 0.1) is 22.5 Å². The lowest BCUT2D eigenvalue weighted by Gasteiger charge is -2.22. The van der Waals surface area contributed by atoms with Crippen LogP contribution in [0.2, 0.25) is 0 Å². The summed E-state index contributed by atoms with van der Waals surface area (Å²) in [5, 5.41) is 0.0877. The number of fused-ring (bicyclic) bond motifs is 1. The molecule has 4 aromatic carbocycles. The number of rotatable bonds is 5. The molecule has 1 heterocycles. The first-order valence-corrected chi connectivity index (χ1v) is 12.2. The molecule has 0 fully saturated rings. The Labute approximate surface area is 231 Å². The van der Waals surface area contributed by atoms with Crippen LogP contribution in [0.15, 0.2) is 109 Å². The predicted octanol–water partition coefficient (Wildman–Crippen LogP) is 7.51. The van der Waals surface area contributed by atoms with Gasteiger partial charge in [-0.3, -0.25) is 9.78 Å². The van der Waals surface area contributed by atoms with Gasteiger partial charge in [0.1, 0.15) is 0 Å². The van der Waals surface area contributed by atoms with Crippen LogP contribution in [0.1, 0.15) is 21.5 Å². The van der Waals surface area contributed by atoms with E-state index >= 15 is 0 Å². The number of primary amides is 1. The molecule has 0 radical (unpaired) electrons. The van der Waals surface area contributed by atoms with E-state index in [4.69, 9.17) is 5.73 Å². The number of halogens is 3. The average Bonchev–Trinajstić information content (AvgIpc) is 2.96. The zero-order chi connectivity index (χ0) is 29.1. The molecule has 2 N–H and O–H groups in total. The van der Waals surface area contributed by atoms with Crippen molar-refractivity contribution >= 4 is 40.2 Å².